The lowest BCUT2D eigenvalue weighted by molar-refractivity contribution is -0.136. The number of carbonyl (C=O) groups excluding carboxylic acids is 3. The highest BCUT2D eigenvalue weighted by molar-refractivity contribution is 9.10. The summed E-state index contributed by atoms with van der Waals surface area (Å²) < 4.78 is 17.4. The number of aryl methyl sites for hydroxylation is 2. The van der Waals surface area contributed by atoms with E-state index in [-0.39, 0.29) is 12.5 Å². The molecule has 10 nitrogen and oxygen atoms in total. The zero-order chi connectivity index (χ0) is 29.1. The molecule has 3 N–H and O–H groups in total. The molecule has 0 atom stereocenters. The van der Waals surface area contributed by atoms with Crippen LogP contribution in [0, 0.1) is 13.8 Å². The van der Waals surface area contributed by atoms with Gasteiger partial charge in [-0.3, -0.25) is 14.4 Å². The first-order chi connectivity index (χ1) is 19.2. The van der Waals surface area contributed by atoms with Gasteiger partial charge in [-0.2, -0.15) is 5.10 Å². The second-order valence-electron chi connectivity index (χ2n) is 8.56. The van der Waals surface area contributed by atoms with Crippen LogP contribution >= 0.6 is 15.9 Å². The second-order valence-corrected chi connectivity index (χ2v) is 9.41. The first kappa shape index (κ1) is 30.2. The summed E-state index contributed by atoms with van der Waals surface area (Å²) in [5, 5.41) is 9.20. The molecule has 0 heterocycles. The van der Waals surface area contributed by atoms with Gasteiger partial charge >= 0.3 is 11.8 Å². The predicted octanol–water partition coefficient (Wildman–Crippen LogP) is 4.97. The molecule has 11 heteroatoms. The van der Waals surface area contributed by atoms with Crippen LogP contribution in [0.4, 0.5) is 11.4 Å². The molecule has 0 bridgehead atoms. The standard InChI is InChI=1S/C29H31BrN4O6/c1-5-38-24-10-8-7-9-23(24)33-28(36)29(37)34-31-16-20-14-22(30)27(25(15-20)39-6-2)40-17-26(35)32-21-12-18(3)11-19(4)13-21/h7-16H,5-6,17H2,1-4H3,(H,32,35)(H,33,36)(H,34,37)/b31-16-. The lowest BCUT2D eigenvalue weighted by Crippen LogP contribution is -2.32. The van der Waals surface area contributed by atoms with E-state index >= 15 is 0 Å². The van der Waals surface area contributed by atoms with Crippen LogP contribution in [0.3, 0.4) is 0 Å². The van der Waals surface area contributed by atoms with Crippen molar-refractivity contribution in [1.29, 1.82) is 0 Å². The van der Waals surface area contributed by atoms with E-state index in [4.69, 9.17) is 14.2 Å². The van der Waals surface area contributed by atoms with E-state index < -0.39 is 11.8 Å². The molecular weight excluding hydrogens is 580 g/mol. The van der Waals surface area contributed by atoms with E-state index in [1.807, 2.05) is 45.9 Å². The molecule has 0 aliphatic carbocycles. The third-order valence-electron chi connectivity index (χ3n) is 5.21. The summed E-state index contributed by atoms with van der Waals surface area (Å²) in [6.45, 7) is 8.06. The Kier molecular flexibility index (Phi) is 11.1. The Hall–Kier alpha value is -4.38. The summed E-state index contributed by atoms with van der Waals surface area (Å²) in [6, 6.07) is 15.9. The maximum absolute atomic E-state index is 12.5. The van der Waals surface area contributed by atoms with Crippen molar-refractivity contribution in [2.75, 3.05) is 30.5 Å². The van der Waals surface area contributed by atoms with Crippen LogP contribution in [0.15, 0.2) is 64.2 Å². The first-order valence-electron chi connectivity index (χ1n) is 12.5. The highest BCUT2D eigenvalue weighted by Gasteiger charge is 2.16. The Bertz CT molecular complexity index is 1390. The van der Waals surface area contributed by atoms with Gasteiger partial charge in [0.2, 0.25) is 0 Å². The summed E-state index contributed by atoms with van der Waals surface area (Å²) in [5.74, 6) is -1.02. The molecule has 40 heavy (non-hydrogen) atoms. The van der Waals surface area contributed by atoms with E-state index in [0.717, 1.165) is 11.1 Å². The molecule has 0 aliphatic rings. The van der Waals surface area contributed by atoms with Crippen molar-refractivity contribution in [1.82, 2.24) is 5.43 Å². The maximum Gasteiger partial charge on any atom is 0.329 e. The number of ether oxygens (including phenoxy) is 3. The normalized spacial score (nSPS) is 10.6. The van der Waals surface area contributed by atoms with Crippen LogP contribution in [-0.4, -0.2) is 43.8 Å². The van der Waals surface area contributed by atoms with Crippen molar-refractivity contribution in [2.24, 2.45) is 5.10 Å². The summed E-state index contributed by atoms with van der Waals surface area (Å²) in [5.41, 5.74) is 5.89. The SMILES string of the molecule is CCOc1ccccc1NC(=O)C(=O)N/N=C\c1cc(Br)c(OCC(=O)Nc2cc(C)cc(C)c2)c(OCC)c1. The third-order valence-corrected chi connectivity index (χ3v) is 5.79. The van der Waals surface area contributed by atoms with Crippen molar-refractivity contribution in [3.05, 3.63) is 75.8 Å². The number of halogens is 1. The van der Waals surface area contributed by atoms with E-state index in [1.54, 1.807) is 36.4 Å². The molecule has 0 saturated carbocycles. The van der Waals surface area contributed by atoms with Gasteiger partial charge in [0.15, 0.2) is 18.1 Å². The molecule has 210 valence electrons. The van der Waals surface area contributed by atoms with Gasteiger partial charge in [-0.1, -0.05) is 18.2 Å². The fourth-order valence-corrected chi connectivity index (χ4v) is 4.27. The number of benzene rings is 3. The molecule has 3 aromatic rings. The fraction of sp³-hybridized carbons (Fsp3) is 0.241. The molecule has 0 unspecified atom stereocenters. The van der Waals surface area contributed by atoms with Gasteiger partial charge in [0.1, 0.15) is 5.75 Å². The Balaban J connectivity index is 1.62. The number of rotatable bonds is 11. The molecule has 0 fully saturated rings. The fourth-order valence-electron chi connectivity index (χ4n) is 3.69. The molecular formula is C29H31BrN4O6. The molecule has 0 radical (unpaired) electrons. The molecule has 3 amide bonds. The number of para-hydroxylation sites is 2. The number of hydrazone groups is 1. The zero-order valence-electron chi connectivity index (χ0n) is 22.7. The van der Waals surface area contributed by atoms with Crippen LogP contribution < -0.4 is 30.3 Å². The number of nitrogens with zero attached hydrogens (tertiary/aromatic N) is 1. The van der Waals surface area contributed by atoms with Crippen LogP contribution in [0.1, 0.15) is 30.5 Å². The molecule has 3 aromatic carbocycles. The second kappa shape index (κ2) is 14.7. The highest BCUT2D eigenvalue weighted by Crippen LogP contribution is 2.36. The minimum absolute atomic E-state index is 0.239. The summed E-state index contributed by atoms with van der Waals surface area (Å²) in [6.07, 6.45) is 1.35. The Morgan fingerprint density at radius 2 is 1.52 bits per heavy atom. The van der Waals surface area contributed by atoms with Gasteiger partial charge in [-0.15, -0.1) is 0 Å². The van der Waals surface area contributed by atoms with E-state index in [2.05, 4.69) is 37.1 Å². The van der Waals surface area contributed by atoms with Gasteiger partial charge in [0.05, 0.1) is 29.6 Å². The third kappa shape index (κ3) is 8.84. The van der Waals surface area contributed by atoms with E-state index in [0.29, 0.717) is 51.9 Å². The van der Waals surface area contributed by atoms with Gasteiger partial charge in [0.25, 0.3) is 5.91 Å². The number of nitrogens with one attached hydrogen (secondary N) is 3. The summed E-state index contributed by atoms with van der Waals surface area (Å²) >= 11 is 3.44. The van der Waals surface area contributed by atoms with Crippen molar-refractivity contribution < 1.29 is 28.6 Å². The van der Waals surface area contributed by atoms with Gasteiger partial charge in [-0.05, 0) is 96.7 Å². The minimum Gasteiger partial charge on any atom is -0.492 e. The topological polar surface area (TPSA) is 127 Å². The average Bonchev–Trinajstić information content (AvgIpc) is 2.89. The molecule has 0 aliphatic heterocycles. The van der Waals surface area contributed by atoms with Gasteiger partial charge < -0.3 is 24.8 Å². The summed E-state index contributed by atoms with van der Waals surface area (Å²) in [4.78, 5) is 37.0. The van der Waals surface area contributed by atoms with Gasteiger partial charge in [0, 0.05) is 5.69 Å². The van der Waals surface area contributed by atoms with Crippen LogP contribution in [0.5, 0.6) is 17.2 Å². The number of carbonyl (C=O) groups is 3. The van der Waals surface area contributed by atoms with Gasteiger partial charge in [-0.25, -0.2) is 5.43 Å². The largest absolute Gasteiger partial charge is 0.492 e. The number of anilines is 2. The smallest absolute Gasteiger partial charge is 0.329 e. The highest BCUT2D eigenvalue weighted by atomic mass is 79.9. The quantitative estimate of drug-likeness (QED) is 0.160. The average molecular weight is 611 g/mol. The van der Waals surface area contributed by atoms with Crippen LogP contribution in [0.25, 0.3) is 0 Å². The van der Waals surface area contributed by atoms with Crippen molar-refractivity contribution >= 4 is 51.2 Å². The monoisotopic (exact) mass is 610 g/mol. The van der Waals surface area contributed by atoms with Crippen molar-refractivity contribution in [2.45, 2.75) is 27.7 Å². The predicted molar refractivity (Wildman–Crippen MR) is 157 cm³/mol. The lowest BCUT2D eigenvalue weighted by Gasteiger charge is -2.15. The van der Waals surface area contributed by atoms with Crippen LogP contribution in [-0.2, 0) is 14.4 Å². The molecule has 3 rings (SSSR count). The number of amides is 3. The zero-order valence-corrected chi connectivity index (χ0v) is 24.3. The first-order valence-corrected chi connectivity index (χ1v) is 13.3. The van der Waals surface area contributed by atoms with Crippen molar-refractivity contribution in [3.8, 4) is 17.2 Å². The number of hydrogen-bond acceptors (Lipinski definition) is 7. The van der Waals surface area contributed by atoms with E-state index in [1.165, 1.54) is 6.21 Å². The molecule has 0 aromatic heterocycles. The van der Waals surface area contributed by atoms with Crippen LogP contribution in [0.2, 0.25) is 0 Å². The molecule has 0 saturated heterocycles. The summed E-state index contributed by atoms with van der Waals surface area (Å²) in [7, 11) is 0. The minimum atomic E-state index is -0.957. The number of hydrogen-bond donors (Lipinski definition) is 3. The lowest BCUT2D eigenvalue weighted by atomic mass is 10.1. The van der Waals surface area contributed by atoms with Crippen molar-refractivity contribution in [3.63, 3.8) is 0 Å². The molecule has 0 spiro atoms. The Morgan fingerprint density at radius 3 is 2.23 bits per heavy atom. The van der Waals surface area contributed by atoms with E-state index in [9.17, 15) is 14.4 Å². The Morgan fingerprint density at radius 1 is 0.850 bits per heavy atom. The maximum atomic E-state index is 12.5. The Labute approximate surface area is 241 Å².